The Hall–Kier alpha value is -2.36. The van der Waals surface area contributed by atoms with Crippen LogP contribution in [0.5, 0.6) is 0 Å². The maximum absolute atomic E-state index is 5.02. The SMILES string of the molecule is CON=C(C[n+]1ccccc1)c1ccc(N2CCCC2)cc1. The number of pyridine rings is 1. The lowest BCUT2D eigenvalue weighted by Crippen LogP contribution is -2.37. The molecule has 0 saturated carbocycles. The molecule has 2 aromatic rings. The molecule has 4 nitrogen and oxygen atoms in total. The number of nitrogens with zero attached hydrogens (tertiary/aromatic N) is 3. The van der Waals surface area contributed by atoms with Crippen molar-refractivity contribution in [2.45, 2.75) is 19.4 Å². The zero-order valence-electron chi connectivity index (χ0n) is 13.0. The van der Waals surface area contributed by atoms with Gasteiger partial charge in [-0.05, 0) is 25.0 Å². The summed E-state index contributed by atoms with van der Waals surface area (Å²) in [4.78, 5) is 7.46. The second-order valence-corrected chi connectivity index (χ2v) is 5.51. The molecule has 1 fully saturated rings. The fourth-order valence-electron chi connectivity index (χ4n) is 2.84. The number of aromatic nitrogens is 1. The Morgan fingerprint density at radius 3 is 2.41 bits per heavy atom. The van der Waals surface area contributed by atoms with Gasteiger partial charge in [-0.2, -0.15) is 4.57 Å². The highest BCUT2D eigenvalue weighted by atomic mass is 16.6. The average molecular weight is 296 g/mol. The lowest BCUT2D eigenvalue weighted by atomic mass is 10.1. The van der Waals surface area contributed by atoms with Gasteiger partial charge in [0.15, 0.2) is 24.7 Å². The van der Waals surface area contributed by atoms with Gasteiger partial charge >= 0.3 is 0 Å². The van der Waals surface area contributed by atoms with E-state index in [0.717, 1.165) is 24.4 Å². The number of hydrogen-bond acceptors (Lipinski definition) is 3. The summed E-state index contributed by atoms with van der Waals surface area (Å²) in [6.45, 7) is 3.02. The van der Waals surface area contributed by atoms with Crippen molar-refractivity contribution >= 4 is 11.4 Å². The molecule has 22 heavy (non-hydrogen) atoms. The van der Waals surface area contributed by atoms with Crippen LogP contribution in [0.25, 0.3) is 0 Å². The van der Waals surface area contributed by atoms with Gasteiger partial charge in [0, 0.05) is 36.5 Å². The van der Waals surface area contributed by atoms with Gasteiger partial charge < -0.3 is 9.74 Å². The highest BCUT2D eigenvalue weighted by molar-refractivity contribution is 5.99. The first-order valence-corrected chi connectivity index (χ1v) is 7.76. The van der Waals surface area contributed by atoms with Gasteiger partial charge in [-0.15, -0.1) is 0 Å². The maximum Gasteiger partial charge on any atom is 0.194 e. The lowest BCUT2D eigenvalue weighted by Gasteiger charge is -2.17. The molecule has 3 rings (SSSR count). The van der Waals surface area contributed by atoms with Crippen LogP contribution in [0.4, 0.5) is 5.69 Å². The largest absolute Gasteiger partial charge is 0.399 e. The van der Waals surface area contributed by atoms with Crippen LogP contribution in [0.1, 0.15) is 18.4 Å². The van der Waals surface area contributed by atoms with Gasteiger partial charge in [0.25, 0.3) is 0 Å². The molecule has 0 aliphatic carbocycles. The quantitative estimate of drug-likeness (QED) is 0.482. The minimum absolute atomic E-state index is 0.692. The standard InChI is InChI=1S/C18H22N3O/c1-22-19-18(15-20-11-3-2-4-12-20)16-7-9-17(10-8-16)21-13-5-6-14-21/h2-4,7-12H,5-6,13-15H2,1H3/q+1. The van der Waals surface area contributed by atoms with Crippen LogP contribution in [-0.4, -0.2) is 25.9 Å². The van der Waals surface area contributed by atoms with Crippen molar-refractivity contribution in [1.82, 2.24) is 0 Å². The summed E-state index contributed by atoms with van der Waals surface area (Å²) in [5.74, 6) is 0. The van der Waals surface area contributed by atoms with E-state index in [1.54, 1.807) is 7.11 Å². The molecule has 4 heteroatoms. The summed E-state index contributed by atoms with van der Waals surface area (Å²) < 4.78 is 2.09. The molecule has 0 radical (unpaired) electrons. The first-order chi connectivity index (χ1) is 10.9. The van der Waals surface area contributed by atoms with Crippen molar-refractivity contribution in [2.75, 3.05) is 25.1 Å². The molecule has 1 aromatic heterocycles. The van der Waals surface area contributed by atoms with Gasteiger partial charge in [-0.25, -0.2) is 0 Å². The van der Waals surface area contributed by atoms with Gasteiger partial charge in [0.2, 0.25) is 0 Å². The van der Waals surface area contributed by atoms with Crippen LogP contribution in [0.3, 0.4) is 0 Å². The van der Waals surface area contributed by atoms with Crippen LogP contribution in [-0.2, 0) is 11.4 Å². The highest BCUT2D eigenvalue weighted by Crippen LogP contribution is 2.20. The first-order valence-electron chi connectivity index (χ1n) is 7.76. The summed E-state index contributed by atoms with van der Waals surface area (Å²) in [5.41, 5.74) is 3.32. The van der Waals surface area contributed by atoms with E-state index in [1.807, 2.05) is 30.6 Å². The van der Waals surface area contributed by atoms with Crippen LogP contribution in [0.15, 0.2) is 60.0 Å². The molecule has 1 aromatic carbocycles. The van der Waals surface area contributed by atoms with E-state index < -0.39 is 0 Å². The van der Waals surface area contributed by atoms with Gasteiger partial charge in [0.05, 0.1) is 0 Å². The van der Waals surface area contributed by atoms with Gasteiger partial charge in [-0.3, -0.25) is 0 Å². The van der Waals surface area contributed by atoms with Gasteiger partial charge in [0.1, 0.15) is 7.11 Å². The van der Waals surface area contributed by atoms with Crippen LogP contribution < -0.4 is 9.47 Å². The van der Waals surface area contributed by atoms with E-state index in [-0.39, 0.29) is 0 Å². The number of benzene rings is 1. The van der Waals surface area contributed by atoms with Crippen molar-refractivity contribution < 1.29 is 9.40 Å². The molecule has 1 saturated heterocycles. The second-order valence-electron chi connectivity index (χ2n) is 5.51. The number of rotatable bonds is 5. The third-order valence-electron chi connectivity index (χ3n) is 3.98. The highest BCUT2D eigenvalue weighted by Gasteiger charge is 2.14. The summed E-state index contributed by atoms with van der Waals surface area (Å²) in [6, 6.07) is 14.7. The third kappa shape index (κ3) is 3.45. The van der Waals surface area contributed by atoms with Crippen molar-refractivity contribution in [3.63, 3.8) is 0 Å². The van der Waals surface area contributed by atoms with Crippen molar-refractivity contribution in [3.05, 3.63) is 60.4 Å². The van der Waals surface area contributed by atoms with E-state index >= 15 is 0 Å². The fourth-order valence-corrected chi connectivity index (χ4v) is 2.84. The molecule has 0 spiro atoms. The Labute approximate surface area is 131 Å². The fraction of sp³-hybridized carbons (Fsp3) is 0.333. The molecular weight excluding hydrogens is 274 g/mol. The Kier molecular flexibility index (Phi) is 4.68. The lowest BCUT2D eigenvalue weighted by molar-refractivity contribution is -0.681. The molecule has 0 bridgehead atoms. The average Bonchev–Trinajstić information content (AvgIpc) is 3.10. The Bertz CT molecular complexity index is 617. The number of oxime groups is 1. The monoisotopic (exact) mass is 296 g/mol. The minimum atomic E-state index is 0.692. The van der Waals surface area contributed by atoms with E-state index in [9.17, 15) is 0 Å². The van der Waals surface area contributed by atoms with E-state index in [1.165, 1.54) is 18.5 Å². The predicted molar refractivity (Wildman–Crippen MR) is 88.1 cm³/mol. The minimum Gasteiger partial charge on any atom is -0.399 e. The predicted octanol–water partition coefficient (Wildman–Crippen LogP) is 2.63. The molecule has 0 amide bonds. The molecular formula is C18H22N3O+. The molecule has 0 N–H and O–H groups in total. The maximum atomic E-state index is 5.02. The summed E-state index contributed by atoms with van der Waals surface area (Å²) >= 11 is 0. The van der Waals surface area contributed by atoms with E-state index in [4.69, 9.17) is 4.84 Å². The smallest absolute Gasteiger partial charge is 0.194 e. The first kappa shape index (κ1) is 14.6. The Morgan fingerprint density at radius 2 is 1.77 bits per heavy atom. The molecule has 2 heterocycles. The molecule has 1 aliphatic heterocycles. The number of hydrogen-bond donors (Lipinski definition) is 0. The zero-order chi connectivity index (χ0) is 15.2. The summed E-state index contributed by atoms with van der Waals surface area (Å²) in [6.07, 6.45) is 6.65. The van der Waals surface area contributed by atoms with Crippen molar-refractivity contribution in [2.24, 2.45) is 5.16 Å². The summed E-state index contributed by atoms with van der Waals surface area (Å²) in [5, 5.41) is 4.20. The second kappa shape index (κ2) is 7.07. The van der Waals surface area contributed by atoms with Crippen molar-refractivity contribution in [3.8, 4) is 0 Å². The molecule has 0 unspecified atom stereocenters. The Morgan fingerprint density at radius 1 is 1.09 bits per heavy atom. The van der Waals surface area contributed by atoms with Crippen LogP contribution in [0.2, 0.25) is 0 Å². The van der Waals surface area contributed by atoms with Crippen molar-refractivity contribution in [1.29, 1.82) is 0 Å². The van der Waals surface area contributed by atoms with Gasteiger partial charge in [-0.1, -0.05) is 23.4 Å². The van der Waals surface area contributed by atoms with E-state index in [2.05, 4.69) is 38.9 Å². The topological polar surface area (TPSA) is 28.7 Å². The molecule has 1 aliphatic rings. The summed E-state index contributed by atoms with van der Waals surface area (Å²) in [7, 11) is 1.59. The Balaban J connectivity index is 1.78. The van der Waals surface area contributed by atoms with Crippen LogP contribution in [0, 0.1) is 0 Å². The normalized spacial score (nSPS) is 15.1. The third-order valence-corrected chi connectivity index (χ3v) is 3.98. The van der Waals surface area contributed by atoms with Crippen LogP contribution >= 0.6 is 0 Å². The zero-order valence-corrected chi connectivity index (χ0v) is 13.0. The van der Waals surface area contributed by atoms with E-state index in [0.29, 0.717) is 6.54 Å². The molecule has 0 atom stereocenters. The molecule has 114 valence electrons. The number of anilines is 1.